The van der Waals surface area contributed by atoms with Crippen LogP contribution < -0.4 is 21.7 Å². The summed E-state index contributed by atoms with van der Waals surface area (Å²) < 4.78 is 0. The molecule has 0 unspecified atom stereocenters. The molecular formula is C21H27N5O2S. The lowest BCUT2D eigenvalue weighted by Crippen LogP contribution is -2.38. The lowest BCUT2D eigenvalue weighted by molar-refractivity contribution is -0.117. The Morgan fingerprint density at radius 3 is 2.38 bits per heavy atom. The number of carbonyl (C=O) groups is 2. The van der Waals surface area contributed by atoms with Gasteiger partial charge in [-0.1, -0.05) is 30.3 Å². The molecule has 0 heterocycles. The first-order valence-corrected chi connectivity index (χ1v) is 10.4. The van der Waals surface area contributed by atoms with Gasteiger partial charge in [-0.15, -0.1) is 11.8 Å². The van der Waals surface area contributed by atoms with Gasteiger partial charge in [-0.05, 0) is 36.8 Å². The predicted molar refractivity (Wildman–Crippen MR) is 118 cm³/mol. The van der Waals surface area contributed by atoms with Crippen LogP contribution in [0.3, 0.4) is 0 Å². The van der Waals surface area contributed by atoms with Gasteiger partial charge in [0.05, 0.1) is 13.1 Å². The van der Waals surface area contributed by atoms with Crippen LogP contribution in [-0.2, 0) is 11.3 Å². The Hall–Kier alpha value is -3.00. The third-order valence-corrected chi connectivity index (χ3v) is 4.82. The largest absolute Gasteiger partial charge is 0.368 e. The molecule has 0 saturated heterocycles. The summed E-state index contributed by atoms with van der Waals surface area (Å²) in [6.45, 7) is 3.91. The lowest BCUT2D eigenvalue weighted by atomic mass is 10.1. The second-order valence-electron chi connectivity index (χ2n) is 6.13. The maximum absolute atomic E-state index is 11.9. The highest BCUT2D eigenvalue weighted by Crippen LogP contribution is 2.15. The van der Waals surface area contributed by atoms with E-state index in [2.05, 4.69) is 33.1 Å². The van der Waals surface area contributed by atoms with E-state index in [1.54, 1.807) is 23.9 Å². The number of rotatable bonds is 10. The first-order valence-electron chi connectivity index (χ1n) is 9.44. The van der Waals surface area contributed by atoms with Crippen LogP contribution in [0.15, 0.2) is 64.5 Å². The van der Waals surface area contributed by atoms with Crippen molar-refractivity contribution in [2.24, 2.45) is 10.7 Å². The fourth-order valence-corrected chi connectivity index (χ4v) is 3.19. The van der Waals surface area contributed by atoms with Crippen molar-refractivity contribution >= 4 is 29.5 Å². The molecule has 0 radical (unpaired) electrons. The van der Waals surface area contributed by atoms with E-state index in [0.717, 1.165) is 30.4 Å². The van der Waals surface area contributed by atoms with Gasteiger partial charge in [0, 0.05) is 29.3 Å². The molecule has 2 amide bonds. The van der Waals surface area contributed by atoms with Crippen LogP contribution in [-0.4, -0.2) is 43.2 Å². The van der Waals surface area contributed by atoms with E-state index in [4.69, 9.17) is 5.73 Å². The van der Waals surface area contributed by atoms with Crippen LogP contribution in [0, 0.1) is 0 Å². The van der Waals surface area contributed by atoms with E-state index in [-0.39, 0.29) is 12.5 Å². The quantitative estimate of drug-likeness (QED) is 0.205. The molecule has 0 aromatic heterocycles. The van der Waals surface area contributed by atoms with E-state index in [0.29, 0.717) is 12.1 Å². The van der Waals surface area contributed by atoms with Crippen molar-refractivity contribution in [1.29, 1.82) is 0 Å². The molecule has 0 saturated carbocycles. The molecular weight excluding hydrogens is 386 g/mol. The van der Waals surface area contributed by atoms with Crippen LogP contribution in [0.25, 0.3) is 0 Å². The van der Waals surface area contributed by atoms with Crippen LogP contribution in [0.2, 0.25) is 0 Å². The number of thioether (sulfide) groups is 1. The van der Waals surface area contributed by atoms with Crippen molar-refractivity contribution in [3.05, 3.63) is 65.7 Å². The average molecular weight is 414 g/mol. The summed E-state index contributed by atoms with van der Waals surface area (Å²) in [4.78, 5) is 28.5. The van der Waals surface area contributed by atoms with Gasteiger partial charge in [-0.25, -0.2) is 4.99 Å². The molecule has 8 heteroatoms. The molecule has 7 nitrogen and oxygen atoms in total. The maximum Gasteiger partial charge on any atom is 0.251 e. The second-order valence-corrected chi connectivity index (χ2v) is 7.30. The maximum atomic E-state index is 11.9. The van der Waals surface area contributed by atoms with Gasteiger partial charge in [0.2, 0.25) is 5.91 Å². The molecule has 2 rings (SSSR count). The average Bonchev–Trinajstić information content (AvgIpc) is 2.74. The fraction of sp³-hybridized carbons (Fsp3) is 0.286. The van der Waals surface area contributed by atoms with Crippen molar-refractivity contribution < 1.29 is 9.59 Å². The molecule has 0 spiro atoms. The number of nitrogens with one attached hydrogen (secondary N) is 3. The molecule has 5 N–H and O–H groups in total. The highest BCUT2D eigenvalue weighted by Gasteiger charge is 2.06. The van der Waals surface area contributed by atoms with Crippen molar-refractivity contribution in [1.82, 2.24) is 16.0 Å². The van der Waals surface area contributed by atoms with E-state index in [9.17, 15) is 9.59 Å². The standard InChI is InChI=1S/C21H27N5O2S/c1-2-23-21(24-12-13-29-18-6-4-3-5-7-18)26-14-16-8-10-17(11-9-16)20(28)25-15-19(22)27/h3-11H,2,12-15H2,1H3,(H2,22,27)(H,25,28)(H2,23,24,26). The molecule has 0 aliphatic heterocycles. The smallest absolute Gasteiger partial charge is 0.251 e. The van der Waals surface area contributed by atoms with E-state index in [1.165, 1.54) is 4.90 Å². The molecule has 154 valence electrons. The van der Waals surface area contributed by atoms with Crippen LogP contribution in [0.1, 0.15) is 22.8 Å². The summed E-state index contributed by atoms with van der Waals surface area (Å²) in [7, 11) is 0. The molecule has 2 aromatic carbocycles. The van der Waals surface area contributed by atoms with Crippen LogP contribution >= 0.6 is 11.8 Å². The van der Waals surface area contributed by atoms with Gasteiger partial charge in [0.1, 0.15) is 0 Å². The first kappa shape index (κ1) is 22.3. The first-order chi connectivity index (χ1) is 14.1. The zero-order valence-electron chi connectivity index (χ0n) is 16.5. The number of guanidine groups is 1. The number of aliphatic imine (C=N–C) groups is 1. The van der Waals surface area contributed by atoms with Gasteiger partial charge in [0.25, 0.3) is 5.91 Å². The molecule has 2 aromatic rings. The normalized spacial score (nSPS) is 11.0. The SMILES string of the molecule is CCNC(=NCc1ccc(C(=O)NCC(N)=O)cc1)NCCSc1ccccc1. The third-order valence-electron chi connectivity index (χ3n) is 3.81. The Morgan fingerprint density at radius 2 is 1.72 bits per heavy atom. The number of nitrogens with two attached hydrogens (primary N) is 1. The Morgan fingerprint density at radius 1 is 1.00 bits per heavy atom. The zero-order chi connectivity index (χ0) is 20.9. The topological polar surface area (TPSA) is 109 Å². The number of amides is 2. The Balaban J connectivity index is 1.82. The highest BCUT2D eigenvalue weighted by atomic mass is 32.2. The molecule has 0 aliphatic carbocycles. The third kappa shape index (κ3) is 8.69. The molecule has 0 fully saturated rings. The second kappa shape index (κ2) is 12.5. The summed E-state index contributed by atoms with van der Waals surface area (Å²) in [6.07, 6.45) is 0. The number of nitrogens with zero attached hydrogens (tertiary/aromatic N) is 1. The van der Waals surface area contributed by atoms with E-state index in [1.807, 2.05) is 37.3 Å². The molecule has 0 bridgehead atoms. The Bertz CT molecular complexity index is 810. The van der Waals surface area contributed by atoms with Gasteiger partial charge < -0.3 is 21.7 Å². The molecule has 0 aliphatic rings. The summed E-state index contributed by atoms with van der Waals surface area (Å²) in [5.41, 5.74) is 6.48. The highest BCUT2D eigenvalue weighted by molar-refractivity contribution is 7.99. The van der Waals surface area contributed by atoms with Crippen LogP contribution in [0.5, 0.6) is 0 Å². The Labute approximate surface area is 175 Å². The summed E-state index contributed by atoms with van der Waals surface area (Å²) in [5.74, 6) is 0.785. The summed E-state index contributed by atoms with van der Waals surface area (Å²) >= 11 is 1.79. The summed E-state index contributed by atoms with van der Waals surface area (Å²) in [5, 5.41) is 9.02. The van der Waals surface area contributed by atoms with Gasteiger partial charge in [-0.2, -0.15) is 0 Å². The van der Waals surface area contributed by atoms with Crippen molar-refractivity contribution in [2.75, 3.05) is 25.4 Å². The van der Waals surface area contributed by atoms with Crippen LogP contribution in [0.4, 0.5) is 0 Å². The molecule has 29 heavy (non-hydrogen) atoms. The molecule has 0 atom stereocenters. The van der Waals surface area contributed by atoms with Crippen molar-refractivity contribution in [3.8, 4) is 0 Å². The number of carbonyl (C=O) groups excluding carboxylic acids is 2. The Kier molecular flexibility index (Phi) is 9.57. The fourth-order valence-electron chi connectivity index (χ4n) is 2.40. The number of hydrogen-bond acceptors (Lipinski definition) is 4. The minimum atomic E-state index is -0.574. The number of benzene rings is 2. The van der Waals surface area contributed by atoms with Gasteiger partial charge >= 0.3 is 0 Å². The van der Waals surface area contributed by atoms with E-state index >= 15 is 0 Å². The van der Waals surface area contributed by atoms with Gasteiger partial charge in [0.15, 0.2) is 5.96 Å². The van der Waals surface area contributed by atoms with Crippen molar-refractivity contribution in [3.63, 3.8) is 0 Å². The predicted octanol–water partition coefficient (Wildman–Crippen LogP) is 1.75. The zero-order valence-corrected chi connectivity index (χ0v) is 17.3. The minimum Gasteiger partial charge on any atom is -0.368 e. The number of primary amides is 1. The number of hydrogen-bond donors (Lipinski definition) is 4. The van der Waals surface area contributed by atoms with E-state index < -0.39 is 5.91 Å². The summed E-state index contributed by atoms with van der Waals surface area (Å²) in [6, 6.07) is 17.4. The monoisotopic (exact) mass is 413 g/mol. The lowest BCUT2D eigenvalue weighted by Gasteiger charge is -2.11. The van der Waals surface area contributed by atoms with Gasteiger partial charge in [-0.3, -0.25) is 9.59 Å². The van der Waals surface area contributed by atoms with Crippen molar-refractivity contribution in [2.45, 2.75) is 18.4 Å². The minimum absolute atomic E-state index is 0.175.